The topological polar surface area (TPSA) is 70.4 Å². The first-order valence-electron chi connectivity index (χ1n) is 6.02. The normalized spacial score (nSPS) is 19.4. The molecule has 1 aromatic rings. The van der Waals surface area contributed by atoms with Crippen LogP contribution in [0.25, 0.3) is 0 Å². The van der Waals surface area contributed by atoms with E-state index < -0.39 is 0 Å². The van der Waals surface area contributed by atoms with E-state index >= 15 is 0 Å². The van der Waals surface area contributed by atoms with Crippen molar-refractivity contribution in [2.24, 2.45) is 0 Å². The summed E-state index contributed by atoms with van der Waals surface area (Å²) in [5.41, 5.74) is 1.77. The third-order valence-corrected chi connectivity index (χ3v) is 3.25. The standard InChI is InChI=1S/C11H16N4O2/c1-2-15-9-6-14(17)5-8(9)13-10(15)11(16)12-7-3-4-7/h7,17H,2-6H2,1H3,(H,12,16). The maximum atomic E-state index is 12.0. The number of amides is 1. The number of hydrogen-bond acceptors (Lipinski definition) is 4. The molecule has 2 aliphatic rings. The average Bonchev–Trinajstić information content (AvgIpc) is 2.92. The number of hydroxylamine groups is 2. The van der Waals surface area contributed by atoms with Gasteiger partial charge in [-0.3, -0.25) is 4.79 Å². The second-order valence-corrected chi connectivity index (χ2v) is 4.64. The van der Waals surface area contributed by atoms with Crippen LogP contribution in [0.4, 0.5) is 0 Å². The third-order valence-electron chi connectivity index (χ3n) is 3.25. The molecule has 1 aromatic heterocycles. The molecule has 2 heterocycles. The van der Waals surface area contributed by atoms with E-state index in [4.69, 9.17) is 0 Å². The molecular weight excluding hydrogens is 220 g/mol. The Labute approximate surface area is 99.2 Å². The van der Waals surface area contributed by atoms with Crippen LogP contribution < -0.4 is 5.32 Å². The van der Waals surface area contributed by atoms with Crippen molar-refractivity contribution >= 4 is 5.91 Å². The third kappa shape index (κ3) is 1.83. The predicted molar refractivity (Wildman–Crippen MR) is 59.4 cm³/mol. The van der Waals surface area contributed by atoms with E-state index in [0.29, 0.717) is 31.5 Å². The number of aromatic nitrogens is 2. The highest BCUT2D eigenvalue weighted by Gasteiger charge is 2.30. The Morgan fingerprint density at radius 1 is 1.53 bits per heavy atom. The van der Waals surface area contributed by atoms with Gasteiger partial charge < -0.3 is 15.1 Å². The molecule has 2 N–H and O–H groups in total. The van der Waals surface area contributed by atoms with Crippen molar-refractivity contribution < 1.29 is 10.0 Å². The molecular formula is C11H16N4O2. The summed E-state index contributed by atoms with van der Waals surface area (Å²) in [5, 5.41) is 13.6. The van der Waals surface area contributed by atoms with Gasteiger partial charge in [0.25, 0.3) is 5.91 Å². The van der Waals surface area contributed by atoms with Crippen LogP contribution in [-0.4, -0.2) is 31.8 Å². The number of nitrogens with zero attached hydrogens (tertiary/aromatic N) is 3. The quantitative estimate of drug-likeness (QED) is 0.801. The Hall–Kier alpha value is -1.40. The van der Waals surface area contributed by atoms with Gasteiger partial charge in [-0.05, 0) is 19.8 Å². The van der Waals surface area contributed by atoms with E-state index in [0.717, 1.165) is 24.2 Å². The lowest BCUT2D eigenvalue weighted by Gasteiger charge is -2.10. The zero-order valence-corrected chi connectivity index (χ0v) is 9.81. The molecule has 17 heavy (non-hydrogen) atoms. The molecule has 6 nitrogen and oxygen atoms in total. The second-order valence-electron chi connectivity index (χ2n) is 4.64. The molecule has 0 bridgehead atoms. The fourth-order valence-corrected chi connectivity index (χ4v) is 2.23. The zero-order chi connectivity index (χ0) is 12.0. The van der Waals surface area contributed by atoms with Gasteiger partial charge in [0.15, 0.2) is 5.82 Å². The van der Waals surface area contributed by atoms with E-state index in [9.17, 15) is 10.0 Å². The summed E-state index contributed by atoms with van der Waals surface area (Å²) >= 11 is 0. The van der Waals surface area contributed by atoms with Gasteiger partial charge in [0.05, 0.1) is 24.5 Å². The summed E-state index contributed by atoms with van der Waals surface area (Å²) in [7, 11) is 0. The van der Waals surface area contributed by atoms with Crippen LogP contribution in [-0.2, 0) is 19.6 Å². The molecule has 6 heteroatoms. The van der Waals surface area contributed by atoms with Crippen molar-refractivity contribution in [3.63, 3.8) is 0 Å². The van der Waals surface area contributed by atoms with Crippen molar-refractivity contribution in [3.8, 4) is 0 Å². The van der Waals surface area contributed by atoms with Crippen LogP contribution >= 0.6 is 0 Å². The van der Waals surface area contributed by atoms with Crippen LogP contribution in [0.3, 0.4) is 0 Å². The number of hydrogen-bond donors (Lipinski definition) is 2. The minimum atomic E-state index is -0.0896. The molecule has 0 aromatic carbocycles. The molecule has 92 valence electrons. The first-order chi connectivity index (χ1) is 8.19. The Morgan fingerprint density at radius 3 is 2.94 bits per heavy atom. The second kappa shape index (κ2) is 3.82. The van der Waals surface area contributed by atoms with Gasteiger partial charge in [-0.1, -0.05) is 0 Å². The fraction of sp³-hybridized carbons (Fsp3) is 0.636. The van der Waals surface area contributed by atoms with Crippen LogP contribution in [0, 0.1) is 0 Å². The Bertz CT molecular complexity index is 464. The summed E-state index contributed by atoms with van der Waals surface area (Å²) < 4.78 is 1.89. The van der Waals surface area contributed by atoms with E-state index in [1.165, 1.54) is 5.06 Å². The maximum Gasteiger partial charge on any atom is 0.287 e. The van der Waals surface area contributed by atoms with Gasteiger partial charge in [0, 0.05) is 12.6 Å². The van der Waals surface area contributed by atoms with Gasteiger partial charge in [0.2, 0.25) is 0 Å². The number of nitrogens with one attached hydrogen (secondary N) is 1. The van der Waals surface area contributed by atoms with E-state index in [2.05, 4.69) is 10.3 Å². The van der Waals surface area contributed by atoms with Crippen LogP contribution in [0.1, 0.15) is 41.8 Å². The highest BCUT2D eigenvalue weighted by Crippen LogP contribution is 2.23. The van der Waals surface area contributed by atoms with Gasteiger partial charge in [-0.2, -0.15) is 5.06 Å². The fourth-order valence-electron chi connectivity index (χ4n) is 2.23. The number of imidazole rings is 1. The molecule has 0 saturated heterocycles. The minimum Gasteiger partial charge on any atom is -0.347 e. The van der Waals surface area contributed by atoms with Crippen molar-refractivity contribution in [1.82, 2.24) is 19.9 Å². The van der Waals surface area contributed by atoms with E-state index in [1.54, 1.807) is 0 Å². The summed E-state index contributed by atoms with van der Waals surface area (Å²) in [5.74, 6) is 0.394. The molecule has 1 aliphatic carbocycles. The Kier molecular flexibility index (Phi) is 2.41. The summed E-state index contributed by atoms with van der Waals surface area (Å²) in [6.45, 7) is 3.54. The maximum absolute atomic E-state index is 12.0. The number of carbonyl (C=O) groups excluding carboxylic acids is 1. The molecule has 3 rings (SSSR count). The van der Waals surface area contributed by atoms with Gasteiger partial charge >= 0.3 is 0 Å². The monoisotopic (exact) mass is 236 g/mol. The van der Waals surface area contributed by atoms with E-state index in [1.807, 2.05) is 11.5 Å². The van der Waals surface area contributed by atoms with Crippen LogP contribution in [0.2, 0.25) is 0 Å². The lowest BCUT2D eigenvalue weighted by atomic mass is 10.4. The molecule has 0 radical (unpaired) electrons. The first kappa shape index (κ1) is 10.7. The molecule has 1 saturated carbocycles. The van der Waals surface area contributed by atoms with Crippen LogP contribution in [0.15, 0.2) is 0 Å². The van der Waals surface area contributed by atoms with Crippen molar-refractivity contribution in [3.05, 3.63) is 17.2 Å². The summed E-state index contributed by atoms with van der Waals surface area (Å²) in [4.78, 5) is 16.3. The number of carbonyl (C=O) groups is 1. The van der Waals surface area contributed by atoms with Crippen molar-refractivity contribution in [1.29, 1.82) is 0 Å². The predicted octanol–water partition coefficient (Wildman–Crippen LogP) is 0.500. The highest BCUT2D eigenvalue weighted by atomic mass is 16.5. The first-order valence-corrected chi connectivity index (χ1v) is 6.02. The molecule has 0 unspecified atom stereocenters. The SMILES string of the molecule is CCn1c(C(=O)NC2CC2)nc2c1CN(O)C2. The highest BCUT2D eigenvalue weighted by molar-refractivity contribution is 5.91. The van der Waals surface area contributed by atoms with Gasteiger partial charge in [0.1, 0.15) is 0 Å². The number of fused-ring (bicyclic) bond motifs is 1. The Balaban J connectivity index is 1.89. The van der Waals surface area contributed by atoms with Crippen LogP contribution in [0.5, 0.6) is 0 Å². The van der Waals surface area contributed by atoms with Crippen molar-refractivity contribution in [2.75, 3.05) is 0 Å². The summed E-state index contributed by atoms with van der Waals surface area (Å²) in [6.07, 6.45) is 2.14. The van der Waals surface area contributed by atoms with Gasteiger partial charge in [-0.15, -0.1) is 0 Å². The van der Waals surface area contributed by atoms with Gasteiger partial charge in [-0.25, -0.2) is 4.98 Å². The smallest absolute Gasteiger partial charge is 0.287 e. The molecule has 0 spiro atoms. The molecule has 1 aliphatic heterocycles. The largest absolute Gasteiger partial charge is 0.347 e. The molecule has 1 fully saturated rings. The average molecular weight is 236 g/mol. The molecule has 0 atom stereocenters. The lowest BCUT2D eigenvalue weighted by Crippen LogP contribution is -2.29. The zero-order valence-electron chi connectivity index (χ0n) is 9.81. The van der Waals surface area contributed by atoms with Crippen molar-refractivity contribution in [2.45, 2.75) is 45.4 Å². The number of rotatable bonds is 3. The molecule has 1 amide bonds. The lowest BCUT2D eigenvalue weighted by molar-refractivity contribution is -0.0986. The Morgan fingerprint density at radius 2 is 2.29 bits per heavy atom. The van der Waals surface area contributed by atoms with E-state index in [-0.39, 0.29) is 5.91 Å². The summed E-state index contributed by atoms with van der Waals surface area (Å²) in [6, 6.07) is 0.341. The minimum absolute atomic E-state index is 0.0896.